The van der Waals surface area contributed by atoms with E-state index in [4.69, 9.17) is 4.74 Å². The third kappa shape index (κ3) is 4.61. The van der Waals surface area contributed by atoms with Crippen molar-refractivity contribution in [2.45, 2.75) is 32.4 Å². The Labute approximate surface area is 135 Å². The molecular weight excluding hydrogens is 294 g/mol. The molecule has 0 aliphatic heterocycles. The smallest absolute Gasteiger partial charge is 0.144 e. The molecule has 22 heavy (non-hydrogen) atoms. The Kier molecular flexibility index (Phi) is 5.27. The Hall–Kier alpha value is -1.78. The van der Waals surface area contributed by atoms with Crippen LogP contribution in [0.4, 0.5) is 0 Å². The molecule has 1 atom stereocenters. The summed E-state index contributed by atoms with van der Waals surface area (Å²) >= 11 is -1.26. The first-order valence-corrected chi connectivity index (χ1v) is 8.26. The number of ether oxygens (including phenoxy) is 1. The van der Waals surface area contributed by atoms with Gasteiger partial charge in [0.2, 0.25) is 0 Å². The predicted octanol–water partition coefficient (Wildman–Crippen LogP) is 4.67. The third-order valence-electron chi connectivity index (χ3n) is 3.00. The topological polar surface area (TPSA) is 44.6 Å². The van der Waals surface area contributed by atoms with Gasteiger partial charge in [-0.1, -0.05) is 34.7 Å². The molecule has 0 N–H and O–H groups in total. The monoisotopic (exact) mass is 315 g/mol. The first-order valence-electron chi connectivity index (χ1n) is 7.16. The van der Waals surface area contributed by atoms with E-state index in [1.807, 2.05) is 76.2 Å². The molecule has 0 radical (unpaired) electrons. The van der Waals surface area contributed by atoms with E-state index in [0.29, 0.717) is 0 Å². The maximum Gasteiger partial charge on any atom is 0.144 e. The van der Waals surface area contributed by atoms with E-state index in [1.165, 1.54) is 0 Å². The number of hydrogen-bond donors (Lipinski definition) is 0. The van der Waals surface area contributed by atoms with Crippen LogP contribution >= 0.6 is 0 Å². The van der Waals surface area contributed by atoms with Gasteiger partial charge >= 0.3 is 0 Å². The molecule has 1 unspecified atom stereocenters. The SMILES string of the molecule is Cc1ccccc1Oc1cccc(/C=N/[S+]([O-])C(C)(C)C)c1. The molecule has 0 aromatic heterocycles. The number of benzene rings is 2. The second-order valence-electron chi connectivity index (χ2n) is 6.04. The molecule has 0 saturated carbocycles. The molecular formula is C18H21NO2S. The molecule has 2 aromatic carbocycles. The van der Waals surface area contributed by atoms with Gasteiger partial charge in [0.05, 0.1) is 6.21 Å². The molecule has 4 heteroatoms. The van der Waals surface area contributed by atoms with Gasteiger partial charge in [-0.3, -0.25) is 0 Å². The van der Waals surface area contributed by atoms with Crippen molar-refractivity contribution in [3.05, 3.63) is 59.7 Å². The standard InChI is InChI=1S/C18H21NO2S/c1-14-8-5-6-11-17(14)21-16-10-7-9-15(12-16)13-19-22(20)18(2,3)4/h5-13H,1-4H3/b19-13+. The number of aryl methyl sites for hydroxylation is 1. The van der Waals surface area contributed by atoms with E-state index in [1.54, 1.807) is 6.21 Å². The summed E-state index contributed by atoms with van der Waals surface area (Å²) in [7, 11) is 0. The molecule has 0 saturated heterocycles. The lowest BCUT2D eigenvalue weighted by molar-refractivity contribution is 0.479. The van der Waals surface area contributed by atoms with Crippen LogP contribution in [-0.4, -0.2) is 15.5 Å². The zero-order valence-electron chi connectivity index (χ0n) is 13.4. The highest BCUT2D eigenvalue weighted by Crippen LogP contribution is 2.25. The van der Waals surface area contributed by atoms with Gasteiger partial charge in [-0.25, -0.2) is 0 Å². The highest BCUT2D eigenvalue weighted by atomic mass is 32.2. The quantitative estimate of drug-likeness (QED) is 0.608. The van der Waals surface area contributed by atoms with Crippen LogP contribution in [-0.2, 0) is 11.4 Å². The zero-order chi connectivity index (χ0) is 16.2. The van der Waals surface area contributed by atoms with Gasteiger partial charge in [0.15, 0.2) is 0 Å². The largest absolute Gasteiger partial charge is 0.591 e. The Morgan fingerprint density at radius 1 is 1.09 bits per heavy atom. The molecule has 116 valence electrons. The summed E-state index contributed by atoms with van der Waals surface area (Å²) in [4.78, 5) is 0. The Morgan fingerprint density at radius 3 is 2.50 bits per heavy atom. The van der Waals surface area contributed by atoms with Crippen LogP contribution in [0.25, 0.3) is 0 Å². The average Bonchev–Trinajstić information content (AvgIpc) is 2.46. The van der Waals surface area contributed by atoms with Crippen LogP contribution in [0.5, 0.6) is 11.5 Å². The van der Waals surface area contributed by atoms with Gasteiger partial charge in [-0.2, -0.15) is 0 Å². The van der Waals surface area contributed by atoms with Crippen LogP contribution in [0.15, 0.2) is 52.9 Å². The summed E-state index contributed by atoms with van der Waals surface area (Å²) in [6.07, 6.45) is 1.63. The molecule has 0 aliphatic rings. The summed E-state index contributed by atoms with van der Waals surface area (Å²) < 4.78 is 21.6. The van der Waals surface area contributed by atoms with E-state index in [2.05, 4.69) is 4.40 Å². The minimum Gasteiger partial charge on any atom is -0.591 e. The molecule has 3 nitrogen and oxygen atoms in total. The summed E-state index contributed by atoms with van der Waals surface area (Å²) in [6, 6.07) is 15.5. The zero-order valence-corrected chi connectivity index (χ0v) is 14.2. The van der Waals surface area contributed by atoms with Crippen molar-refractivity contribution >= 4 is 17.6 Å². The van der Waals surface area contributed by atoms with E-state index >= 15 is 0 Å². The number of para-hydroxylation sites is 1. The number of rotatable bonds is 4. The van der Waals surface area contributed by atoms with Crippen molar-refractivity contribution in [1.29, 1.82) is 0 Å². The van der Waals surface area contributed by atoms with Crippen molar-refractivity contribution < 1.29 is 9.29 Å². The first kappa shape index (κ1) is 16.6. The van der Waals surface area contributed by atoms with Gasteiger partial charge in [-0.05, 0) is 51.5 Å². The fraction of sp³-hybridized carbons (Fsp3) is 0.278. The minimum atomic E-state index is -1.26. The van der Waals surface area contributed by atoms with Gasteiger partial charge < -0.3 is 9.29 Å². The Balaban J connectivity index is 2.14. The highest BCUT2D eigenvalue weighted by molar-refractivity contribution is 7.91. The summed E-state index contributed by atoms with van der Waals surface area (Å²) in [5.41, 5.74) is 1.94. The number of hydrogen-bond acceptors (Lipinski definition) is 3. The van der Waals surface area contributed by atoms with Crippen LogP contribution in [0, 0.1) is 6.92 Å². The van der Waals surface area contributed by atoms with Crippen LogP contribution in [0.2, 0.25) is 0 Å². The normalized spacial score (nSPS) is 13.3. The third-order valence-corrected chi connectivity index (χ3v) is 4.35. The van der Waals surface area contributed by atoms with Crippen molar-refractivity contribution in [1.82, 2.24) is 0 Å². The summed E-state index contributed by atoms with van der Waals surface area (Å²) in [6.45, 7) is 7.71. The maximum atomic E-state index is 11.9. The summed E-state index contributed by atoms with van der Waals surface area (Å²) in [5, 5.41) is 0. The molecule has 0 bridgehead atoms. The van der Waals surface area contributed by atoms with Crippen LogP contribution in [0.1, 0.15) is 31.9 Å². The predicted molar refractivity (Wildman–Crippen MR) is 93.2 cm³/mol. The molecule has 2 rings (SSSR count). The minimum absolute atomic E-state index is 0.355. The maximum absolute atomic E-state index is 11.9. The fourth-order valence-electron chi connectivity index (χ4n) is 1.72. The van der Waals surface area contributed by atoms with Crippen LogP contribution in [0.3, 0.4) is 0 Å². The molecule has 0 spiro atoms. The van der Waals surface area contributed by atoms with Gasteiger partial charge in [-0.15, -0.1) is 0 Å². The van der Waals surface area contributed by atoms with E-state index in [-0.39, 0.29) is 4.75 Å². The van der Waals surface area contributed by atoms with E-state index in [9.17, 15) is 4.55 Å². The lowest BCUT2D eigenvalue weighted by atomic mass is 10.2. The van der Waals surface area contributed by atoms with Crippen molar-refractivity contribution in [2.24, 2.45) is 4.40 Å². The molecule has 0 amide bonds. The van der Waals surface area contributed by atoms with E-state index in [0.717, 1.165) is 22.6 Å². The van der Waals surface area contributed by atoms with Gasteiger partial charge in [0, 0.05) is 5.56 Å². The average molecular weight is 315 g/mol. The van der Waals surface area contributed by atoms with Crippen molar-refractivity contribution in [2.75, 3.05) is 0 Å². The molecule has 0 heterocycles. The summed E-state index contributed by atoms with van der Waals surface area (Å²) in [5.74, 6) is 1.56. The van der Waals surface area contributed by atoms with E-state index < -0.39 is 11.4 Å². The van der Waals surface area contributed by atoms with Gasteiger partial charge in [0.25, 0.3) is 0 Å². The second kappa shape index (κ2) is 6.99. The second-order valence-corrected chi connectivity index (χ2v) is 7.97. The number of nitrogens with zero attached hydrogens (tertiary/aromatic N) is 1. The highest BCUT2D eigenvalue weighted by Gasteiger charge is 2.25. The lowest BCUT2D eigenvalue weighted by Gasteiger charge is -2.17. The fourth-order valence-corrected chi connectivity index (χ4v) is 2.26. The molecule has 2 aromatic rings. The van der Waals surface area contributed by atoms with Gasteiger partial charge in [0.1, 0.15) is 27.6 Å². The van der Waals surface area contributed by atoms with Crippen LogP contribution < -0.4 is 4.74 Å². The van der Waals surface area contributed by atoms with Crippen molar-refractivity contribution in [3.8, 4) is 11.5 Å². The Morgan fingerprint density at radius 2 is 1.82 bits per heavy atom. The molecule has 0 aliphatic carbocycles. The van der Waals surface area contributed by atoms with Crippen molar-refractivity contribution in [3.63, 3.8) is 0 Å². The Bertz CT molecular complexity index is 662. The lowest BCUT2D eigenvalue weighted by Crippen LogP contribution is -2.25. The first-order chi connectivity index (χ1) is 10.4. The molecule has 0 fully saturated rings.